The predicted molar refractivity (Wildman–Crippen MR) is 65.0 cm³/mol. The van der Waals surface area contributed by atoms with Gasteiger partial charge in [0.2, 0.25) is 0 Å². The summed E-state index contributed by atoms with van der Waals surface area (Å²) in [5.41, 5.74) is 0.765. The summed E-state index contributed by atoms with van der Waals surface area (Å²) in [5.74, 6) is 0. The molecule has 0 aromatic rings. The van der Waals surface area contributed by atoms with E-state index in [0.29, 0.717) is 0 Å². The number of aliphatic hydroxyl groups is 1. The second kappa shape index (κ2) is 6.29. The highest BCUT2D eigenvalue weighted by Gasteiger charge is 2.26. The van der Waals surface area contributed by atoms with Crippen LogP contribution in [-0.4, -0.2) is 23.8 Å². The zero-order valence-corrected chi connectivity index (χ0v) is 10.0. The molecule has 1 saturated carbocycles. The van der Waals surface area contributed by atoms with Crippen molar-refractivity contribution in [2.75, 3.05) is 13.1 Å². The highest BCUT2D eigenvalue weighted by atomic mass is 16.3. The molecule has 1 aliphatic rings. The molecule has 1 rings (SSSR count). The van der Waals surface area contributed by atoms with E-state index >= 15 is 0 Å². The van der Waals surface area contributed by atoms with Crippen LogP contribution in [0.4, 0.5) is 0 Å². The van der Waals surface area contributed by atoms with Gasteiger partial charge in [0.15, 0.2) is 0 Å². The molecule has 0 aromatic heterocycles. The van der Waals surface area contributed by atoms with Crippen LogP contribution in [-0.2, 0) is 0 Å². The smallest absolute Gasteiger partial charge is 0.0771 e. The topological polar surface area (TPSA) is 32.3 Å². The van der Waals surface area contributed by atoms with Crippen molar-refractivity contribution in [2.45, 2.75) is 57.5 Å². The maximum atomic E-state index is 10.3. The summed E-state index contributed by atoms with van der Waals surface area (Å²) in [6.45, 7) is 7.61. The Morgan fingerprint density at radius 1 is 1.27 bits per heavy atom. The molecule has 0 heterocycles. The summed E-state index contributed by atoms with van der Waals surface area (Å²) in [6, 6.07) is 0. The summed E-state index contributed by atoms with van der Waals surface area (Å²) >= 11 is 0. The monoisotopic (exact) mass is 211 g/mol. The average molecular weight is 211 g/mol. The fourth-order valence-corrected chi connectivity index (χ4v) is 2.19. The summed E-state index contributed by atoms with van der Waals surface area (Å²) in [4.78, 5) is 0. The van der Waals surface area contributed by atoms with Gasteiger partial charge in [-0.05, 0) is 32.7 Å². The van der Waals surface area contributed by atoms with Crippen LogP contribution in [0.2, 0.25) is 0 Å². The molecule has 0 atom stereocenters. The van der Waals surface area contributed by atoms with Crippen molar-refractivity contribution in [3.63, 3.8) is 0 Å². The van der Waals surface area contributed by atoms with Crippen LogP contribution in [0.1, 0.15) is 51.9 Å². The summed E-state index contributed by atoms with van der Waals surface area (Å²) in [7, 11) is 0. The van der Waals surface area contributed by atoms with Gasteiger partial charge in [0, 0.05) is 6.54 Å². The molecule has 1 fully saturated rings. The van der Waals surface area contributed by atoms with Crippen LogP contribution in [0.5, 0.6) is 0 Å². The fourth-order valence-electron chi connectivity index (χ4n) is 2.19. The predicted octanol–water partition coefficient (Wildman–Crippen LogP) is 2.63. The van der Waals surface area contributed by atoms with Gasteiger partial charge in [-0.25, -0.2) is 0 Å². The van der Waals surface area contributed by atoms with Gasteiger partial charge in [-0.15, -0.1) is 6.58 Å². The second-order valence-electron chi connectivity index (χ2n) is 5.02. The van der Waals surface area contributed by atoms with E-state index in [1.165, 1.54) is 31.3 Å². The lowest BCUT2D eigenvalue weighted by Gasteiger charge is -2.27. The van der Waals surface area contributed by atoms with Crippen LogP contribution in [0.3, 0.4) is 0 Å². The van der Waals surface area contributed by atoms with Gasteiger partial charge >= 0.3 is 0 Å². The average Bonchev–Trinajstić information content (AvgIpc) is 2.38. The van der Waals surface area contributed by atoms with Crippen LogP contribution in [0, 0.1) is 0 Å². The van der Waals surface area contributed by atoms with Crippen molar-refractivity contribution in [1.82, 2.24) is 5.32 Å². The van der Waals surface area contributed by atoms with E-state index in [4.69, 9.17) is 0 Å². The van der Waals surface area contributed by atoms with E-state index in [0.717, 1.165) is 32.4 Å². The Hall–Kier alpha value is -0.340. The lowest BCUT2D eigenvalue weighted by atomic mass is 9.94. The van der Waals surface area contributed by atoms with Crippen molar-refractivity contribution in [1.29, 1.82) is 0 Å². The number of nitrogens with one attached hydrogen (secondary N) is 1. The van der Waals surface area contributed by atoms with Gasteiger partial charge in [0.05, 0.1) is 5.60 Å². The van der Waals surface area contributed by atoms with Crippen molar-refractivity contribution >= 4 is 0 Å². The standard InChI is InChI=1S/C13H25NO/c1-12(2)7-10-14-11-13(15)8-5-3-4-6-9-13/h14-15H,1,3-11H2,2H3. The minimum Gasteiger partial charge on any atom is -0.389 e. The first kappa shape index (κ1) is 12.7. The van der Waals surface area contributed by atoms with Crippen LogP contribution in [0.15, 0.2) is 12.2 Å². The Kier molecular flexibility index (Phi) is 5.34. The molecule has 2 N–H and O–H groups in total. The van der Waals surface area contributed by atoms with Crippen molar-refractivity contribution in [3.8, 4) is 0 Å². The van der Waals surface area contributed by atoms with E-state index in [9.17, 15) is 5.11 Å². The molecule has 0 amide bonds. The molecule has 0 aliphatic heterocycles. The second-order valence-corrected chi connectivity index (χ2v) is 5.02. The van der Waals surface area contributed by atoms with E-state index < -0.39 is 5.60 Å². The van der Waals surface area contributed by atoms with Gasteiger partial charge in [-0.1, -0.05) is 31.3 Å². The van der Waals surface area contributed by atoms with Crippen molar-refractivity contribution < 1.29 is 5.11 Å². The first-order valence-electron chi connectivity index (χ1n) is 6.20. The summed E-state index contributed by atoms with van der Waals surface area (Å²) < 4.78 is 0. The van der Waals surface area contributed by atoms with E-state index in [-0.39, 0.29) is 0 Å². The van der Waals surface area contributed by atoms with E-state index in [1.807, 2.05) is 6.92 Å². The van der Waals surface area contributed by atoms with Crippen molar-refractivity contribution in [3.05, 3.63) is 12.2 Å². The Bertz CT molecular complexity index is 193. The molecule has 15 heavy (non-hydrogen) atoms. The lowest BCUT2D eigenvalue weighted by Crippen LogP contribution is -2.40. The first-order chi connectivity index (χ1) is 7.12. The molecule has 0 unspecified atom stereocenters. The van der Waals surface area contributed by atoms with E-state index in [2.05, 4.69) is 11.9 Å². The Morgan fingerprint density at radius 2 is 1.87 bits per heavy atom. The highest BCUT2D eigenvalue weighted by Crippen LogP contribution is 2.26. The molecule has 1 aliphatic carbocycles. The molecule has 0 spiro atoms. The maximum absolute atomic E-state index is 10.3. The summed E-state index contributed by atoms with van der Waals surface area (Å²) in [5, 5.41) is 13.7. The van der Waals surface area contributed by atoms with Crippen LogP contribution < -0.4 is 5.32 Å². The van der Waals surface area contributed by atoms with Gasteiger partial charge < -0.3 is 10.4 Å². The lowest BCUT2D eigenvalue weighted by molar-refractivity contribution is 0.0256. The normalized spacial score (nSPS) is 20.9. The van der Waals surface area contributed by atoms with E-state index in [1.54, 1.807) is 0 Å². The molecule has 88 valence electrons. The third-order valence-electron chi connectivity index (χ3n) is 3.22. The zero-order valence-electron chi connectivity index (χ0n) is 10.0. The Morgan fingerprint density at radius 3 is 2.40 bits per heavy atom. The molecule has 0 saturated heterocycles. The quantitative estimate of drug-likeness (QED) is 0.416. The highest BCUT2D eigenvalue weighted by molar-refractivity contribution is 4.89. The van der Waals surface area contributed by atoms with Gasteiger partial charge in [0.25, 0.3) is 0 Å². The SMILES string of the molecule is C=C(C)CCNCC1(O)CCCCCC1. The molecular weight excluding hydrogens is 186 g/mol. The number of hydrogen-bond donors (Lipinski definition) is 2. The summed E-state index contributed by atoms with van der Waals surface area (Å²) in [6.07, 6.45) is 7.87. The van der Waals surface area contributed by atoms with Crippen LogP contribution >= 0.6 is 0 Å². The zero-order chi connectivity index (χ0) is 11.1. The number of hydrogen-bond acceptors (Lipinski definition) is 2. The molecular formula is C13H25NO. The van der Waals surface area contributed by atoms with Gasteiger partial charge in [0.1, 0.15) is 0 Å². The van der Waals surface area contributed by atoms with Gasteiger partial charge in [-0.3, -0.25) is 0 Å². The van der Waals surface area contributed by atoms with Gasteiger partial charge in [-0.2, -0.15) is 0 Å². The minimum atomic E-state index is -0.439. The third kappa shape index (κ3) is 5.33. The minimum absolute atomic E-state index is 0.439. The number of rotatable bonds is 5. The maximum Gasteiger partial charge on any atom is 0.0771 e. The molecule has 0 radical (unpaired) electrons. The Balaban J connectivity index is 2.19. The van der Waals surface area contributed by atoms with Crippen molar-refractivity contribution in [2.24, 2.45) is 0 Å². The largest absolute Gasteiger partial charge is 0.389 e. The fraction of sp³-hybridized carbons (Fsp3) is 0.846. The van der Waals surface area contributed by atoms with Crippen LogP contribution in [0.25, 0.3) is 0 Å². The molecule has 2 nitrogen and oxygen atoms in total. The molecule has 0 aromatic carbocycles. The molecule has 0 bridgehead atoms. The first-order valence-corrected chi connectivity index (χ1v) is 6.20. The third-order valence-corrected chi connectivity index (χ3v) is 3.22. The molecule has 2 heteroatoms. The Labute approximate surface area is 93.8 Å².